The van der Waals surface area contributed by atoms with Crippen molar-refractivity contribution in [2.24, 2.45) is 0 Å². The van der Waals surface area contributed by atoms with Gasteiger partial charge in [-0.3, -0.25) is 19.3 Å². The van der Waals surface area contributed by atoms with Gasteiger partial charge in [-0.25, -0.2) is 9.07 Å². The summed E-state index contributed by atoms with van der Waals surface area (Å²) in [6.07, 6.45) is -0.682. The van der Waals surface area contributed by atoms with Gasteiger partial charge in [0.15, 0.2) is 0 Å². The zero-order valence-corrected chi connectivity index (χ0v) is 27.9. The highest BCUT2D eigenvalue weighted by molar-refractivity contribution is 6.05. The lowest BCUT2D eigenvalue weighted by molar-refractivity contribution is -0.137. The van der Waals surface area contributed by atoms with Crippen molar-refractivity contribution in [2.75, 3.05) is 38.6 Å². The normalized spacial score (nSPS) is 16.2. The third kappa shape index (κ3) is 8.11. The minimum Gasteiger partial charge on any atom is -0.353 e. The number of nitrogens with zero attached hydrogens (tertiary/aromatic N) is 4. The largest absolute Gasteiger partial charge is 0.416 e. The van der Waals surface area contributed by atoms with Gasteiger partial charge in [-0.1, -0.05) is 42.5 Å². The number of halogens is 4. The maximum Gasteiger partial charge on any atom is 0.416 e. The fourth-order valence-corrected chi connectivity index (χ4v) is 6.01. The molecule has 262 valence electrons. The lowest BCUT2D eigenvalue weighted by Gasteiger charge is -2.38. The van der Waals surface area contributed by atoms with Crippen LogP contribution in [0.1, 0.15) is 52.0 Å². The van der Waals surface area contributed by atoms with Crippen LogP contribution in [0.3, 0.4) is 0 Å². The second kappa shape index (κ2) is 15.5. The molecule has 13 heteroatoms. The van der Waals surface area contributed by atoms with Crippen LogP contribution in [0.4, 0.5) is 23.4 Å². The van der Waals surface area contributed by atoms with Crippen LogP contribution in [0.5, 0.6) is 0 Å². The molecule has 0 fully saturated rings. The van der Waals surface area contributed by atoms with Crippen LogP contribution in [0.2, 0.25) is 0 Å². The van der Waals surface area contributed by atoms with Gasteiger partial charge in [-0.05, 0) is 88.1 Å². The molecule has 0 unspecified atom stereocenters. The Morgan fingerprint density at radius 3 is 2.38 bits per heavy atom. The first-order valence-electron chi connectivity index (χ1n) is 16.2. The lowest BCUT2D eigenvalue weighted by Crippen LogP contribution is -2.55. The average Bonchev–Trinajstić information content (AvgIpc) is 3.46. The topological polar surface area (TPSA) is 99.6 Å². The third-order valence-electron chi connectivity index (χ3n) is 8.35. The van der Waals surface area contributed by atoms with Crippen LogP contribution in [-0.4, -0.2) is 72.2 Å². The fourth-order valence-electron chi connectivity index (χ4n) is 6.01. The monoisotopic (exact) mass is 690 g/mol. The molecule has 50 heavy (non-hydrogen) atoms. The maximum atomic E-state index is 14.4. The molecule has 2 atom stereocenters. The molecule has 9 nitrogen and oxygen atoms in total. The van der Waals surface area contributed by atoms with Crippen LogP contribution >= 0.6 is 0 Å². The molecule has 1 aliphatic heterocycles. The van der Waals surface area contributed by atoms with E-state index < -0.39 is 41.3 Å². The van der Waals surface area contributed by atoms with E-state index in [1.54, 1.807) is 17.7 Å². The summed E-state index contributed by atoms with van der Waals surface area (Å²) < 4.78 is 56.4. The summed E-state index contributed by atoms with van der Waals surface area (Å²) in [5.74, 6) is -2.70. The molecule has 1 aliphatic rings. The van der Waals surface area contributed by atoms with E-state index in [0.717, 1.165) is 31.2 Å². The van der Waals surface area contributed by atoms with Gasteiger partial charge in [0.2, 0.25) is 5.91 Å². The van der Waals surface area contributed by atoms with Crippen LogP contribution in [0, 0.1) is 5.82 Å². The first kappa shape index (κ1) is 36.0. The summed E-state index contributed by atoms with van der Waals surface area (Å²) in [6, 6.07) is 17.2. The molecule has 0 aliphatic carbocycles. The Kier molecular flexibility index (Phi) is 11.2. The second-order valence-electron chi connectivity index (χ2n) is 12.1. The minimum absolute atomic E-state index is 0.158. The number of alkyl halides is 3. The van der Waals surface area contributed by atoms with Crippen molar-refractivity contribution in [1.29, 1.82) is 0 Å². The van der Waals surface area contributed by atoms with E-state index in [1.807, 2.05) is 49.3 Å². The Bertz CT molecular complexity index is 1860. The van der Waals surface area contributed by atoms with E-state index in [0.29, 0.717) is 34.9 Å². The van der Waals surface area contributed by atoms with Gasteiger partial charge in [0.25, 0.3) is 11.8 Å². The molecule has 1 aromatic heterocycles. The third-order valence-corrected chi connectivity index (χ3v) is 8.35. The summed E-state index contributed by atoms with van der Waals surface area (Å²) >= 11 is 0. The number of para-hydroxylation sites is 1. The number of fused-ring (bicyclic) bond motifs is 1. The molecule has 4 aromatic rings. The number of carbonyl (C=O) groups excluding carboxylic acids is 3. The van der Waals surface area contributed by atoms with Crippen molar-refractivity contribution in [3.8, 4) is 5.69 Å². The Morgan fingerprint density at radius 1 is 1.00 bits per heavy atom. The first-order chi connectivity index (χ1) is 23.9. The van der Waals surface area contributed by atoms with E-state index in [9.17, 15) is 31.9 Å². The smallest absolute Gasteiger partial charge is 0.353 e. The number of aromatic nitrogens is 2. The van der Waals surface area contributed by atoms with Crippen LogP contribution in [0.15, 0.2) is 91.0 Å². The summed E-state index contributed by atoms with van der Waals surface area (Å²) in [7, 11) is 3.90. The zero-order valence-electron chi connectivity index (χ0n) is 27.9. The van der Waals surface area contributed by atoms with Gasteiger partial charge in [0.05, 0.1) is 16.9 Å². The molecule has 0 radical (unpaired) electrons. The van der Waals surface area contributed by atoms with E-state index in [4.69, 9.17) is 5.10 Å². The van der Waals surface area contributed by atoms with Crippen molar-refractivity contribution >= 4 is 23.5 Å². The van der Waals surface area contributed by atoms with Gasteiger partial charge >= 0.3 is 6.18 Å². The molecular formula is C37H38F4N6O3. The number of carbonyl (C=O) groups is 3. The molecule has 3 aromatic carbocycles. The summed E-state index contributed by atoms with van der Waals surface area (Å²) in [4.78, 5) is 44.1. The number of hydrogen-bond acceptors (Lipinski definition) is 5. The highest BCUT2D eigenvalue weighted by Crippen LogP contribution is 2.44. The summed E-state index contributed by atoms with van der Waals surface area (Å²) in [5.41, 5.74) is 0.869. The minimum atomic E-state index is -4.68. The fraction of sp³-hybridized carbons (Fsp3) is 0.297. The van der Waals surface area contributed by atoms with Gasteiger partial charge in [-0.2, -0.15) is 18.3 Å². The summed E-state index contributed by atoms with van der Waals surface area (Å²) in [5, 5.41) is 10.5. The van der Waals surface area contributed by atoms with Crippen LogP contribution < -0.4 is 15.5 Å². The van der Waals surface area contributed by atoms with E-state index in [2.05, 4.69) is 10.6 Å². The van der Waals surface area contributed by atoms with Crippen molar-refractivity contribution in [3.05, 3.63) is 125 Å². The zero-order chi connectivity index (χ0) is 36.0. The molecule has 2 N–H and O–H groups in total. The highest BCUT2D eigenvalue weighted by Gasteiger charge is 2.46. The SMILES string of the molecule is CCN1C(=O)[C@@H](NC(=O)c2cccc(C(F)(F)F)c2)[C@@H](c2ccc(F)cc2)c2c(C/C=C/C(=O)NCCCN(C)C)nn(-c3ccccc3)c21. The van der Waals surface area contributed by atoms with Crippen LogP contribution in [0.25, 0.3) is 5.69 Å². The Morgan fingerprint density at radius 2 is 1.72 bits per heavy atom. The number of anilines is 1. The Hall–Kier alpha value is -5.30. The lowest BCUT2D eigenvalue weighted by atomic mass is 9.80. The number of allylic oxidation sites excluding steroid dienone is 1. The van der Waals surface area contributed by atoms with Crippen molar-refractivity contribution in [3.63, 3.8) is 0 Å². The van der Waals surface area contributed by atoms with E-state index >= 15 is 0 Å². The molecule has 0 saturated carbocycles. The Balaban J connectivity index is 1.60. The maximum absolute atomic E-state index is 14.4. The first-order valence-corrected chi connectivity index (χ1v) is 16.2. The predicted octanol–water partition coefficient (Wildman–Crippen LogP) is 5.49. The second-order valence-corrected chi connectivity index (χ2v) is 12.1. The number of benzene rings is 3. The van der Waals surface area contributed by atoms with Gasteiger partial charge in [0, 0.05) is 36.6 Å². The molecule has 0 saturated heterocycles. The quantitative estimate of drug-likeness (QED) is 0.116. The van der Waals surface area contributed by atoms with E-state index in [1.165, 1.54) is 41.3 Å². The Labute approximate surface area is 287 Å². The molecule has 5 rings (SSSR count). The molecule has 3 amide bonds. The summed E-state index contributed by atoms with van der Waals surface area (Å²) in [6.45, 7) is 3.23. The van der Waals surface area contributed by atoms with Crippen LogP contribution in [-0.2, 0) is 22.2 Å². The van der Waals surface area contributed by atoms with Gasteiger partial charge in [0.1, 0.15) is 17.7 Å². The van der Waals surface area contributed by atoms with Crippen molar-refractivity contribution in [2.45, 2.75) is 37.9 Å². The predicted molar refractivity (Wildman–Crippen MR) is 182 cm³/mol. The number of likely N-dealkylation sites (N-methyl/N-ethyl adjacent to an activating group) is 1. The highest BCUT2D eigenvalue weighted by atomic mass is 19.4. The number of hydrogen-bond donors (Lipinski definition) is 2. The van der Waals surface area contributed by atoms with Gasteiger partial charge in [-0.15, -0.1) is 0 Å². The molecule has 0 spiro atoms. The van der Waals surface area contributed by atoms with Crippen molar-refractivity contribution < 1.29 is 31.9 Å². The molecule has 0 bridgehead atoms. The van der Waals surface area contributed by atoms with Gasteiger partial charge < -0.3 is 15.5 Å². The standard InChI is InChI=1S/C37H38F4N6O3/c1-4-46-35-32(29(44-47(35)28-13-6-5-7-14-28)15-9-16-30(48)42-21-10-22-45(2)3)31(24-17-19-27(38)20-18-24)33(36(46)50)43-34(49)25-11-8-12-26(23-25)37(39,40)41/h5-9,11-14,16-20,23,31,33H,4,10,15,21-22H2,1-3H3,(H,42,48)(H,43,49)/b16-9+/t31-,33-/m0/s1. The average molecular weight is 691 g/mol. The van der Waals surface area contributed by atoms with Crippen molar-refractivity contribution in [1.82, 2.24) is 25.3 Å². The number of rotatable bonds is 12. The number of nitrogens with one attached hydrogen (secondary N) is 2. The van der Waals surface area contributed by atoms with E-state index in [-0.39, 0.29) is 24.4 Å². The molecule has 2 heterocycles. The number of amides is 3. The molecular weight excluding hydrogens is 652 g/mol.